The van der Waals surface area contributed by atoms with Gasteiger partial charge < -0.3 is 15.1 Å². The molecule has 0 unspecified atom stereocenters. The Balaban J connectivity index is 1.94. The maximum absolute atomic E-state index is 12.2. The summed E-state index contributed by atoms with van der Waals surface area (Å²) in [5, 5.41) is 5.63. The molecule has 0 fully saturated rings. The number of carbonyl (C=O) groups excluding carboxylic acids is 2. The molecule has 1 aromatic carbocycles. The number of benzene rings is 1. The highest BCUT2D eigenvalue weighted by molar-refractivity contribution is 6.02. The van der Waals surface area contributed by atoms with Crippen LogP contribution in [-0.2, 0) is 4.79 Å². The Morgan fingerprint density at radius 2 is 1.68 bits per heavy atom. The van der Waals surface area contributed by atoms with Gasteiger partial charge in [-0.3, -0.25) is 14.5 Å². The summed E-state index contributed by atoms with van der Waals surface area (Å²) in [5.41, 5.74) is 1.24. The van der Waals surface area contributed by atoms with Gasteiger partial charge in [0.1, 0.15) is 0 Å². The Labute approximate surface area is 148 Å². The molecule has 1 aromatic heterocycles. The lowest BCUT2D eigenvalue weighted by Crippen LogP contribution is -2.34. The van der Waals surface area contributed by atoms with Gasteiger partial charge in [-0.05, 0) is 56.3 Å². The molecule has 6 nitrogen and oxygen atoms in total. The summed E-state index contributed by atoms with van der Waals surface area (Å²) < 4.78 is 5.06. The maximum Gasteiger partial charge on any atom is 0.291 e. The molecule has 0 atom stereocenters. The molecule has 1 heterocycles. The summed E-state index contributed by atoms with van der Waals surface area (Å²) in [6.45, 7) is 6.38. The number of furan rings is 1. The van der Waals surface area contributed by atoms with Gasteiger partial charge in [0.05, 0.1) is 12.8 Å². The second kappa shape index (κ2) is 9.64. The first-order valence-corrected chi connectivity index (χ1v) is 8.59. The quantitative estimate of drug-likeness (QED) is 0.729. The summed E-state index contributed by atoms with van der Waals surface area (Å²) >= 11 is 0. The van der Waals surface area contributed by atoms with Gasteiger partial charge in [0.2, 0.25) is 5.91 Å². The van der Waals surface area contributed by atoms with Crippen molar-refractivity contribution >= 4 is 23.2 Å². The SMILES string of the molecule is CCCN(CCC)CC(=O)Nc1cccc(NC(=O)c2ccco2)c1. The Morgan fingerprint density at radius 1 is 1.00 bits per heavy atom. The van der Waals surface area contributed by atoms with E-state index in [-0.39, 0.29) is 17.6 Å². The van der Waals surface area contributed by atoms with Crippen LogP contribution >= 0.6 is 0 Å². The number of hydrogen-bond acceptors (Lipinski definition) is 4. The van der Waals surface area contributed by atoms with Crippen LogP contribution in [0, 0.1) is 0 Å². The third-order valence-electron chi connectivity index (χ3n) is 3.60. The first kappa shape index (κ1) is 18.7. The molecule has 0 saturated heterocycles. The summed E-state index contributed by atoms with van der Waals surface area (Å²) in [7, 11) is 0. The van der Waals surface area contributed by atoms with Crippen molar-refractivity contribution in [2.24, 2.45) is 0 Å². The fourth-order valence-corrected chi connectivity index (χ4v) is 2.58. The lowest BCUT2D eigenvalue weighted by atomic mass is 10.2. The lowest BCUT2D eigenvalue weighted by molar-refractivity contribution is -0.117. The van der Waals surface area contributed by atoms with Gasteiger partial charge in [-0.2, -0.15) is 0 Å². The zero-order valence-electron chi connectivity index (χ0n) is 14.7. The summed E-state index contributed by atoms with van der Waals surface area (Å²) in [4.78, 5) is 26.4. The summed E-state index contributed by atoms with van der Waals surface area (Å²) in [6, 6.07) is 10.3. The molecule has 0 aliphatic rings. The van der Waals surface area contributed by atoms with Crippen LogP contribution < -0.4 is 10.6 Å². The van der Waals surface area contributed by atoms with Gasteiger partial charge >= 0.3 is 0 Å². The molecule has 25 heavy (non-hydrogen) atoms. The predicted octanol–water partition coefficient (Wildman–Crippen LogP) is 3.59. The third-order valence-corrected chi connectivity index (χ3v) is 3.60. The molecule has 2 rings (SSSR count). The molecular weight excluding hydrogens is 318 g/mol. The smallest absolute Gasteiger partial charge is 0.291 e. The van der Waals surface area contributed by atoms with Crippen LogP contribution in [0.15, 0.2) is 47.1 Å². The van der Waals surface area contributed by atoms with Crippen LogP contribution in [0.25, 0.3) is 0 Å². The van der Waals surface area contributed by atoms with E-state index in [2.05, 4.69) is 29.4 Å². The maximum atomic E-state index is 12.2. The van der Waals surface area contributed by atoms with E-state index >= 15 is 0 Å². The Morgan fingerprint density at radius 3 is 2.28 bits per heavy atom. The van der Waals surface area contributed by atoms with Crippen molar-refractivity contribution in [3.63, 3.8) is 0 Å². The molecule has 0 bridgehead atoms. The zero-order valence-corrected chi connectivity index (χ0v) is 14.7. The van der Waals surface area contributed by atoms with E-state index in [1.165, 1.54) is 6.26 Å². The first-order chi connectivity index (χ1) is 12.1. The molecule has 134 valence electrons. The first-order valence-electron chi connectivity index (χ1n) is 8.59. The van der Waals surface area contributed by atoms with Crippen LogP contribution in [0.5, 0.6) is 0 Å². The zero-order chi connectivity index (χ0) is 18.1. The number of anilines is 2. The second-order valence-electron chi connectivity index (χ2n) is 5.84. The standard InChI is InChI=1S/C19H25N3O3/c1-3-10-22(11-4-2)14-18(23)20-15-7-5-8-16(13-15)21-19(24)17-9-6-12-25-17/h5-9,12-13H,3-4,10-11,14H2,1-2H3,(H,20,23)(H,21,24). The van der Waals surface area contributed by atoms with Crippen molar-refractivity contribution in [3.8, 4) is 0 Å². The van der Waals surface area contributed by atoms with Crippen molar-refractivity contribution in [1.82, 2.24) is 4.90 Å². The Kier molecular flexibility index (Phi) is 7.22. The van der Waals surface area contributed by atoms with E-state index in [1.807, 2.05) is 0 Å². The van der Waals surface area contributed by atoms with Crippen LogP contribution in [0.1, 0.15) is 37.2 Å². The summed E-state index contributed by atoms with van der Waals surface area (Å²) in [6.07, 6.45) is 3.48. The molecule has 0 radical (unpaired) electrons. The fourth-order valence-electron chi connectivity index (χ4n) is 2.58. The Bertz CT molecular complexity index is 677. The molecule has 6 heteroatoms. The van der Waals surface area contributed by atoms with E-state index in [9.17, 15) is 9.59 Å². The normalized spacial score (nSPS) is 10.7. The fraction of sp³-hybridized carbons (Fsp3) is 0.368. The lowest BCUT2D eigenvalue weighted by Gasteiger charge is -2.20. The third kappa shape index (κ3) is 6.08. The van der Waals surface area contributed by atoms with Crippen LogP contribution in [-0.4, -0.2) is 36.3 Å². The monoisotopic (exact) mass is 343 g/mol. The van der Waals surface area contributed by atoms with Crippen molar-refractivity contribution in [3.05, 3.63) is 48.4 Å². The molecule has 0 saturated carbocycles. The van der Waals surface area contributed by atoms with Gasteiger partial charge in [-0.25, -0.2) is 0 Å². The number of amides is 2. The largest absolute Gasteiger partial charge is 0.459 e. The van der Waals surface area contributed by atoms with Crippen LogP contribution in [0.3, 0.4) is 0 Å². The number of carbonyl (C=O) groups is 2. The van der Waals surface area contributed by atoms with Crippen molar-refractivity contribution in [1.29, 1.82) is 0 Å². The summed E-state index contributed by atoms with van der Waals surface area (Å²) in [5.74, 6) is -0.147. The van der Waals surface area contributed by atoms with Gasteiger partial charge in [-0.15, -0.1) is 0 Å². The predicted molar refractivity (Wildman–Crippen MR) is 98.8 cm³/mol. The minimum absolute atomic E-state index is 0.0589. The number of nitrogens with zero attached hydrogens (tertiary/aromatic N) is 1. The minimum Gasteiger partial charge on any atom is -0.459 e. The molecule has 0 aliphatic carbocycles. The van der Waals surface area contributed by atoms with E-state index in [0.29, 0.717) is 17.9 Å². The minimum atomic E-state index is -0.328. The highest BCUT2D eigenvalue weighted by Crippen LogP contribution is 2.16. The molecule has 0 aliphatic heterocycles. The second-order valence-corrected chi connectivity index (χ2v) is 5.84. The van der Waals surface area contributed by atoms with Gasteiger partial charge in [0.25, 0.3) is 5.91 Å². The molecule has 2 N–H and O–H groups in total. The van der Waals surface area contributed by atoms with Crippen LogP contribution in [0.4, 0.5) is 11.4 Å². The number of nitrogens with one attached hydrogen (secondary N) is 2. The van der Waals surface area contributed by atoms with E-state index in [4.69, 9.17) is 4.42 Å². The van der Waals surface area contributed by atoms with Gasteiger partial charge in [0.15, 0.2) is 5.76 Å². The highest BCUT2D eigenvalue weighted by atomic mass is 16.3. The Hall–Kier alpha value is -2.60. The van der Waals surface area contributed by atoms with Gasteiger partial charge in [0, 0.05) is 11.4 Å². The average molecular weight is 343 g/mol. The van der Waals surface area contributed by atoms with Crippen molar-refractivity contribution in [2.45, 2.75) is 26.7 Å². The van der Waals surface area contributed by atoms with E-state index < -0.39 is 0 Å². The number of hydrogen-bond donors (Lipinski definition) is 2. The van der Waals surface area contributed by atoms with E-state index in [1.54, 1.807) is 36.4 Å². The highest BCUT2D eigenvalue weighted by Gasteiger charge is 2.11. The van der Waals surface area contributed by atoms with E-state index in [0.717, 1.165) is 25.9 Å². The molecule has 2 aromatic rings. The van der Waals surface area contributed by atoms with Crippen LogP contribution in [0.2, 0.25) is 0 Å². The molecule has 0 spiro atoms. The number of rotatable bonds is 9. The van der Waals surface area contributed by atoms with Crippen molar-refractivity contribution in [2.75, 3.05) is 30.3 Å². The molecular formula is C19H25N3O3. The van der Waals surface area contributed by atoms with Gasteiger partial charge in [-0.1, -0.05) is 19.9 Å². The average Bonchev–Trinajstić information content (AvgIpc) is 3.10. The topological polar surface area (TPSA) is 74.6 Å². The molecule has 2 amide bonds. The van der Waals surface area contributed by atoms with Crippen molar-refractivity contribution < 1.29 is 14.0 Å².